The van der Waals surface area contributed by atoms with Gasteiger partial charge in [0.15, 0.2) is 0 Å². The number of hydrogen-bond donors (Lipinski definition) is 0. The third-order valence-electron chi connectivity index (χ3n) is 18.2. The molecule has 0 N–H and O–H groups in total. The van der Waals surface area contributed by atoms with Crippen molar-refractivity contribution in [2.75, 3.05) is 0 Å². The Morgan fingerprint density at radius 2 is 0.611 bits per heavy atom. The van der Waals surface area contributed by atoms with Gasteiger partial charge < -0.3 is 9.13 Å². The van der Waals surface area contributed by atoms with Crippen molar-refractivity contribution in [3.8, 4) is 84.2 Å². The van der Waals surface area contributed by atoms with E-state index >= 15 is 0 Å². The Balaban J connectivity index is 1.16. The number of aromatic nitrogens is 2. The Bertz CT molecular complexity index is 4890. The lowest BCUT2D eigenvalue weighted by molar-refractivity contribution is -0.143. The highest BCUT2D eigenvalue weighted by Gasteiger charge is 2.37. The maximum atomic E-state index is 14.8. The number of nitrogens with zero attached hydrogens (tertiary/aromatic N) is 3. The van der Waals surface area contributed by atoms with Gasteiger partial charge >= 0.3 is 12.4 Å². The minimum atomic E-state index is -5.10. The summed E-state index contributed by atoms with van der Waals surface area (Å²) >= 11 is 0. The van der Waals surface area contributed by atoms with Crippen LogP contribution in [0.15, 0.2) is 176 Å². The molecule has 13 aromatic rings. The number of alkyl halides is 6. The molecule has 0 radical (unpaired) electrons. The van der Waals surface area contributed by atoms with Crippen molar-refractivity contribution in [3.05, 3.63) is 259 Å². The molecule has 0 aliphatic rings. The van der Waals surface area contributed by atoms with Crippen molar-refractivity contribution >= 4 is 43.6 Å². The monoisotopic (exact) mass is 1190 g/mol. The standard InChI is InChI=1S/C81H65F6N3/c1-43-26-47(5)75(48(6)27-43)56-17-22-69-64(37-56)65-38-57(76-49(7)28-44(2)29-50(76)8)18-23-70(65)89(69)73-21-16-55(61-34-62(80(82,83)84)41-63(35-61)81(85,86)87)36-68(73)79-60(42-88)14-13-15-74(79)90-71-24-19-58(77-51(9)30-45(3)31-52(77)10)39-66(71)67-40-59(20-25-72(67)90)78-53(11)32-46(4)33-54(78)12/h13-41H,1-12H3. The molecule has 446 valence electrons. The molecule has 13 rings (SSSR count). The third-order valence-corrected chi connectivity index (χ3v) is 18.2. The van der Waals surface area contributed by atoms with E-state index in [4.69, 9.17) is 0 Å². The lowest BCUT2D eigenvalue weighted by Crippen LogP contribution is -2.11. The highest BCUT2D eigenvalue weighted by atomic mass is 19.4. The minimum Gasteiger partial charge on any atom is -0.309 e. The Morgan fingerprint density at radius 3 is 0.922 bits per heavy atom. The topological polar surface area (TPSA) is 33.6 Å². The Morgan fingerprint density at radius 1 is 0.300 bits per heavy atom. The maximum Gasteiger partial charge on any atom is 0.416 e. The second-order valence-electron chi connectivity index (χ2n) is 25.0. The Hall–Kier alpha value is -9.91. The zero-order valence-electron chi connectivity index (χ0n) is 52.4. The molecule has 0 unspecified atom stereocenters. The van der Waals surface area contributed by atoms with Crippen LogP contribution in [0, 0.1) is 94.4 Å². The van der Waals surface area contributed by atoms with Gasteiger partial charge in [0.05, 0.1) is 56.2 Å². The third kappa shape index (κ3) is 10.0. The average Bonchev–Trinajstić information content (AvgIpc) is 1.56. The van der Waals surface area contributed by atoms with Crippen LogP contribution < -0.4 is 0 Å². The fourth-order valence-electron chi connectivity index (χ4n) is 15.1. The van der Waals surface area contributed by atoms with Gasteiger partial charge in [0.1, 0.15) is 0 Å². The van der Waals surface area contributed by atoms with Crippen LogP contribution in [0.2, 0.25) is 0 Å². The van der Waals surface area contributed by atoms with Crippen LogP contribution in [-0.2, 0) is 12.4 Å². The van der Waals surface area contributed by atoms with Gasteiger partial charge in [0.2, 0.25) is 0 Å². The largest absolute Gasteiger partial charge is 0.416 e. The first kappa shape index (κ1) is 59.1. The summed E-state index contributed by atoms with van der Waals surface area (Å²) in [6.07, 6.45) is -10.2. The smallest absolute Gasteiger partial charge is 0.309 e. The van der Waals surface area contributed by atoms with E-state index in [2.05, 4.69) is 220 Å². The summed E-state index contributed by atoms with van der Waals surface area (Å²) < 4.78 is 93.4. The first-order valence-corrected chi connectivity index (χ1v) is 30.2. The molecule has 11 aromatic carbocycles. The van der Waals surface area contributed by atoms with E-state index in [0.29, 0.717) is 22.5 Å². The molecule has 0 aliphatic heterocycles. The van der Waals surface area contributed by atoms with Gasteiger partial charge in [0, 0.05) is 32.7 Å². The Labute approximate surface area is 520 Å². The molecule has 0 aliphatic carbocycles. The van der Waals surface area contributed by atoms with Gasteiger partial charge in [0.25, 0.3) is 0 Å². The predicted octanol–water partition coefficient (Wildman–Crippen LogP) is 23.5. The fraction of sp³-hybridized carbons (Fsp3) is 0.173. The van der Waals surface area contributed by atoms with Crippen LogP contribution in [0.1, 0.15) is 83.5 Å². The molecule has 0 saturated carbocycles. The molecular weight excluding hydrogens is 1130 g/mol. The molecule has 0 saturated heterocycles. The summed E-state index contributed by atoms with van der Waals surface area (Å²) in [7, 11) is 0. The number of nitriles is 1. The van der Waals surface area contributed by atoms with E-state index in [0.717, 1.165) is 167 Å². The fourth-order valence-corrected chi connectivity index (χ4v) is 15.1. The van der Waals surface area contributed by atoms with Crippen molar-refractivity contribution in [1.82, 2.24) is 9.13 Å². The first-order chi connectivity index (χ1) is 42.8. The van der Waals surface area contributed by atoms with Gasteiger partial charge in [-0.2, -0.15) is 31.6 Å². The summed E-state index contributed by atoms with van der Waals surface area (Å²) in [5.41, 5.74) is 24.7. The highest BCUT2D eigenvalue weighted by molar-refractivity contribution is 6.14. The van der Waals surface area contributed by atoms with Crippen molar-refractivity contribution in [3.63, 3.8) is 0 Å². The maximum absolute atomic E-state index is 14.8. The van der Waals surface area contributed by atoms with Crippen LogP contribution in [-0.4, -0.2) is 9.13 Å². The molecule has 9 heteroatoms. The van der Waals surface area contributed by atoms with Gasteiger partial charge in [-0.15, -0.1) is 0 Å². The normalized spacial score (nSPS) is 12.1. The van der Waals surface area contributed by atoms with Crippen LogP contribution in [0.25, 0.3) is 122 Å². The molecule has 0 spiro atoms. The quantitative estimate of drug-likeness (QED) is 0.140. The highest BCUT2D eigenvalue weighted by Crippen LogP contribution is 2.48. The van der Waals surface area contributed by atoms with Gasteiger partial charge in [-0.1, -0.05) is 107 Å². The predicted molar refractivity (Wildman–Crippen MR) is 359 cm³/mol. The zero-order valence-corrected chi connectivity index (χ0v) is 52.4. The molecule has 0 fully saturated rings. The first-order valence-electron chi connectivity index (χ1n) is 30.2. The molecule has 0 bridgehead atoms. The average molecular weight is 1190 g/mol. The summed E-state index contributed by atoms with van der Waals surface area (Å²) in [5.74, 6) is 0. The van der Waals surface area contributed by atoms with Crippen LogP contribution in [0.3, 0.4) is 0 Å². The number of rotatable bonds is 8. The summed E-state index contributed by atoms with van der Waals surface area (Å²) in [6.45, 7) is 25.4. The van der Waals surface area contributed by atoms with Gasteiger partial charge in [-0.3, -0.25) is 0 Å². The lowest BCUT2D eigenvalue weighted by Gasteiger charge is -2.21. The van der Waals surface area contributed by atoms with E-state index < -0.39 is 23.5 Å². The number of benzene rings is 11. The minimum absolute atomic E-state index is 0.0919. The van der Waals surface area contributed by atoms with E-state index in [-0.39, 0.29) is 22.8 Å². The van der Waals surface area contributed by atoms with Gasteiger partial charge in [-0.05, 0) is 274 Å². The molecule has 90 heavy (non-hydrogen) atoms. The number of aryl methyl sites for hydroxylation is 12. The van der Waals surface area contributed by atoms with Crippen molar-refractivity contribution < 1.29 is 26.3 Å². The lowest BCUT2D eigenvalue weighted by atomic mass is 9.91. The molecule has 2 aromatic heterocycles. The summed E-state index contributed by atoms with van der Waals surface area (Å²) in [4.78, 5) is 0. The number of halogens is 6. The van der Waals surface area contributed by atoms with Crippen molar-refractivity contribution in [1.29, 1.82) is 5.26 Å². The van der Waals surface area contributed by atoms with E-state index in [1.165, 1.54) is 0 Å². The van der Waals surface area contributed by atoms with Crippen molar-refractivity contribution in [2.45, 2.75) is 95.4 Å². The second kappa shape index (κ2) is 21.7. The van der Waals surface area contributed by atoms with Crippen LogP contribution >= 0.6 is 0 Å². The molecule has 3 nitrogen and oxygen atoms in total. The summed E-state index contributed by atoms with van der Waals surface area (Å²) in [5, 5.41) is 15.3. The second-order valence-corrected chi connectivity index (χ2v) is 25.0. The zero-order chi connectivity index (χ0) is 63.7. The molecule has 0 atom stereocenters. The number of hydrogen-bond acceptors (Lipinski definition) is 1. The van der Waals surface area contributed by atoms with E-state index in [1.54, 1.807) is 24.3 Å². The van der Waals surface area contributed by atoms with E-state index in [9.17, 15) is 31.6 Å². The SMILES string of the molecule is Cc1cc(C)c(-c2ccc3c(c2)c2cc(-c4c(C)cc(C)cc4C)ccc2n3-c2ccc(-c3cc(C(F)(F)F)cc(C(F)(F)F)c3)cc2-c2c(C#N)cccc2-n2c3ccc(-c4c(C)cc(C)cc4C)cc3c3cc(-c4c(C)cc(C)cc4C)ccc32)c(C)c1. The molecule has 0 amide bonds. The van der Waals surface area contributed by atoms with Crippen LogP contribution in [0.4, 0.5) is 26.3 Å². The van der Waals surface area contributed by atoms with Crippen molar-refractivity contribution in [2.24, 2.45) is 0 Å². The van der Waals surface area contributed by atoms with Crippen LogP contribution in [0.5, 0.6) is 0 Å². The summed E-state index contributed by atoms with van der Waals surface area (Å²) in [6, 6.07) is 58.1. The number of fused-ring (bicyclic) bond motifs is 6. The molecule has 2 heterocycles. The van der Waals surface area contributed by atoms with Gasteiger partial charge in [-0.25, -0.2) is 0 Å². The molecular formula is C81H65F6N3. The Kier molecular flexibility index (Phi) is 14.2. The van der Waals surface area contributed by atoms with E-state index in [1.807, 2.05) is 12.1 Å².